The van der Waals surface area contributed by atoms with Gasteiger partial charge in [0.15, 0.2) is 0 Å². The van der Waals surface area contributed by atoms with Gasteiger partial charge in [-0.15, -0.1) is 0 Å². The molecule has 1 aliphatic rings. The van der Waals surface area contributed by atoms with E-state index in [-0.39, 0.29) is 5.91 Å². The summed E-state index contributed by atoms with van der Waals surface area (Å²) in [4.78, 5) is 10.5. The standard InChI is InChI=1S/C13H26N2O/c1-11(12-7-3-2-4-8-12)15-10-6-5-9-13(14)16/h11-12,15H,2-10H2,1H3,(H2,14,16). The Morgan fingerprint density at radius 2 is 2.00 bits per heavy atom. The van der Waals surface area contributed by atoms with Gasteiger partial charge in [-0.3, -0.25) is 4.79 Å². The fourth-order valence-corrected chi connectivity index (χ4v) is 2.55. The van der Waals surface area contributed by atoms with Crippen molar-refractivity contribution in [3.05, 3.63) is 0 Å². The highest BCUT2D eigenvalue weighted by Crippen LogP contribution is 2.26. The zero-order valence-electron chi connectivity index (χ0n) is 10.5. The molecule has 0 aromatic heterocycles. The van der Waals surface area contributed by atoms with Gasteiger partial charge in [0.2, 0.25) is 5.91 Å². The van der Waals surface area contributed by atoms with Gasteiger partial charge in [0.1, 0.15) is 0 Å². The van der Waals surface area contributed by atoms with Crippen molar-refractivity contribution in [2.45, 2.75) is 64.3 Å². The van der Waals surface area contributed by atoms with E-state index in [1.54, 1.807) is 0 Å². The predicted octanol–water partition coefficient (Wildman–Crippen LogP) is 2.20. The van der Waals surface area contributed by atoms with Crippen LogP contribution >= 0.6 is 0 Å². The van der Waals surface area contributed by atoms with E-state index in [2.05, 4.69) is 12.2 Å². The van der Waals surface area contributed by atoms with Crippen LogP contribution in [0, 0.1) is 5.92 Å². The smallest absolute Gasteiger partial charge is 0.217 e. The van der Waals surface area contributed by atoms with Gasteiger partial charge < -0.3 is 11.1 Å². The number of primary amides is 1. The average molecular weight is 226 g/mol. The lowest BCUT2D eigenvalue weighted by Gasteiger charge is -2.28. The highest BCUT2D eigenvalue weighted by atomic mass is 16.1. The van der Waals surface area contributed by atoms with Crippen molar-refractivity contribution in [3.8, 4) is 0 Å². The Bertz CT molecular complexity index is 200. The topological polar surface area (TPSA) is 55.1 Å². The molecule has 94 valence electrons. The van der Waals surface area contributed by atoms with Crippen LogP contribution in [0.5, 0.6) is 0 Å². The predicted molar refractivity (Wildman–Crippen MR) is 67.1 cm³/mol. The van der Waals surface area contributed by atoms with Crippen molar-refractivity contribution in [3.63, 3.8) is 0 Å². The molecule has 3 N–H and O–H groups in total. The fraction of sp³-hybridized carbons (Fsp3) is 0.923. The Morgan fingerprint density at radius 3 is 2.62 bits per heavy atom. The molecule has 1 unspecified atom stereocenters. The molecule has 0 saturated heterocycles. The second-order valence-corrected chi connectivity index (χ2v) is 5.06. The number of carbonyl (C=O) groups excluding carboxylic acids is 1. The Balaban J connectivity index is 2.00. The monoisotopic (exact) mass is 226 g/mol. The second-order valence-electron chi connectivity index (χ2n) is 5.06. The van der Waals surface area contributed by atoms with Crippen molar-refractivity contribution < 1.29 is 4.79 Å². The molecule has 0 aromatic rings. The van der Waals surface area contributed by atoms with Gasteiger partial charge in [-0.1, -0.05) is 19.3 Å². The van der Waals surface area contributed by atoms with E-state index in [1.807, 2.05) is 0 Å². The molecule has 1 saturated carbocycles. The summed E-state index contributed by atoms with van der Waals surface area (Å²) in [5, 5.41) is 3.57. The number of unbranched alkanes of at least 4 members (excludes halogenated alkanes) is 1. The first-order valence-electron chi connectivity index (χ1n) is 6.72. The van der Waals surface area contributed by atoms with E-state index in [0.717, 1.165) is 25.3 Å². The average Bonchev–Trinajstić information content (AvgIpc) is 2.29. The molecular formula is C13H26N2O. The minimum Gasteiger partial charge on any atom is -0.370 e. The Labute approximate surface area is 99.2 Å². The number of hydrogen-bond acceptors (Lipinski definition) is 2. The van der Waals surface area contributed by atoms with E-state index in [1.165, 1.54) is 32.1 Å². The van der Waals surface area contributed by atoms with Crippen LogP contribution in [0.15, 0.2) is 0 Å². The zero-order valence-corrected chi connectivity index (χ0v) is 10.5. The molecule has 16 heavy (non-hydrogen) atoms. The maximum atomic E-state index is 10.5. The van der Waals surface area contributed by atoms with Gasteiger partial charge in [0.05, 0.1) is 0 Å². The van der Waals surface area contributed by atoms with Gasteiger partial charge in [-0.2, -0.15) is 0 Å². The third-order valence-electron chi connectivity index (χ3n) is 3.67. The van der Waals surface area contributed by atoms with Crippen molar-refractivity contribution in [1.82, 2.24) is 5.32 Å². The molecule has 3 heteroatoms. The SMILES string of the molecule is CC(NCCCCC(N)=O)C1CCCCC1. The highest BCUT2D eigenvalue weighted by Gasteiger charge is 2.18. The maximum Gasteiger partial charge on any atom is 0.217 e. The Morgan fingerprint density at radius 1 is 1.31 bits per heavy atom. The second kappa shape index (κ2) is 7.66. The quantitative estimate of drug-likeness (QED) is 0.654. The molecule has 1 atom stereocenters. The maximum absolute atomic E-state index is 10.5. The third-order valence-corrected chi connectivity index (χ3v) is 3.67. The van der Waals surface area contributed by atoms with Crippen LogP contribution in [0.4, 0.5) is 0 Å². The summed E-state index contributed by atoms with van der Waals surface area (Å²) in [6, 6.07) is 0.633. The Kier molecular flexibility index (Phi) is 6.46. The van der Waals surface area contributed by atoms with Crippen molar-refractivity contribution in [2.75, 3.05) is 6.54 Å². The lowest BCUT2D eigenvalue weighted by Crippen LogP contribution is -2.35. The molecular weight excluding hydrogens is 200 g/mol. The van der Waals surface area contributed by atoms with E-state index >= 15 is 0 Å². The molecule has 0 aliphatic heterocycles. The summed E-state index contributed by atoms with van der Waals surface area (Å²) in [6.45, 7) is 3.31. The first-order valence-corrected chi connectivity index (χ1v) is 6.72. The summed E-state index contributed by atoms with van der Waals surface area (Å²) < 4.78 is 0. The molecule has 0 aromatic carbocycles. The van der Waals surface area contributed by atoms with Crippen LogP contribution in [0.1, 0.15) is 58.3 Å². The number of amides is 1. The molecule has 0 bridgehead atoms. The highest BCUT2D eigenvalue weighted by molar-refractivity contribution is 5.73. The third kappa shape index (κ3) is 5.50. The molecule has 0 radical (unpaired) electrons. The van der Waals surface area contributed by atoms with Gasteiger partial charge in [-0.05, 0) is 45.1 Å². The van der Waals surface area contributed by atoms with Gasteiger partial charge in [-0.25, -0.2) is 0 Å². The lowest BCUT2D eigenvalue weighted by molar-refractivity contribution is -0.118. The van der Waals surface area contributed by atoms with Gasteiger partial charge in [0.25, 0.3) is 0 Å². The molecule has 3 nitrogen and oxygen atoms in total. The molecule has 1 aliphatic carbocycles. The first-order chi connectivity index (χ1) is 7.70. The normalized spacial score (nSPS) is 19.6. The Hall–Kier alpha value is -0.570. The van der Waals surface area contributed by atoms with Crippen LogP contribution in [-0.4, -0.2) is 18.5 Å². The van der Waals surface area contributed by atoms with Crippen LogP contribution in [0.25, 0.3) is 0 Å². The minimum atomic E-state index is -0.180. The van der Waals surface area contributed by atoms with Crippen LogP contribution in [0.2, 0.25) is 0 Å². The first kappa shape index (κ1) is 13.5. The fourth-order valence-electron chi connectivity index (χ4n) is 2.55. The van der Waals surface area contributed by atoms with Gasteiger partial charge >= 0.3 is 0 Å². The number of nitrogens with one attached hydrogen (secondary N) is 1. The largest absolute Gasteiger partial charge is 0.370 e. The van der Waals surface area contributed by atoms with E-state index < -0.39 is 0 Å². The van der Waals surface area contributed by atoms with Crippen LogP contribution in [0.3, 0.4) is 0 Å². The van der Waals surface area contributed by atoms with Crippen molar-refractivity contribution >= 4 is 5.91 Å². The molecule has 0 spiro atoms. The lowest BCUT2D eigenvalue weighted by atomic mass is 9.84. The minimum absolute atomic E-state index is 0.180. The van der Waals surface area contributed by atoms with Crippen LogP contribution < -0.4 is 11.1 Å². The zero-order chi connectivity index (χ0) is 11.8. The van der Waals surface area contributed by atoms with Crippen molar-refractivity contribution in [1.29, 1.82) is 0 Å². The van der Waals surface area contributed by atoms with Crippen LogP contribution in [-0.2, 0) is 4.79 Å². The summed E-state index contributed by atoms with van der Waals surface area (Å²) in [5.41, 5.74) is 5.09. The van der Waals surface area contributed by atoms with E-state index in [4.69, 9.17) is 5.73 Å². The van der Waals surface area contributed by atoms with Gasteiger partial charge in [0, 0.05) is 12.5 Å². The van der Waals surface area contributed by atoms with E-state index in [9.17, 15) is 4.79 Å². The molecule has 1 rings (SSSR count). The molecule has 1 fully saturated rings. The summed E-state index contributed by atoms with van der Waals surface area (Å²) in [6.07, 6.45) is 9.49. The summed E-state index contributed by atoms with van der Waals surface area (Å²) >= 11 is 0. The van der Waals surface area contributed by atoms with Crippen molar-refractivity contribution in [2.24, 2.45) is 11.7 Å². The summed E-state index contributed by atoms with van der Waals surface area (Å²) in [5.74, 6) is 0.685. The number of nitrogens with two attached hydrogens (primary N) is 1. The number of rotatable bonds is 7. The summed E-state index contributed by atoms with van der Waals surface area (Å²) in [7, 11) is 0. The molecule has 0 heterocycles. The molecule has 1 amide bonds. The number of hydrogen-bond donors (Lipinski definition) is 2. The van der Waals surface area contributed by atoms with E-state index in [0.29, 0.717) is 12.5 Å². The number of carbonyl (C=O) groups is 1.